The first-order chi connectivity index (χ1) is 8.97. The van der Waals surface area contributed by atoms with Crippen molar-refractivity contribution in [2.45, 2.75) is 45.8 Å². The molecule has 0 aliphatic heterocycles. The molecule has 0 spiro atoms. The van der Waals surface area contributed by atoms with Crippen LogP contribution in [0.25, 0.3) is 0 Å². The molecule has 108 valence electrons. The molecule has 1 heterocycles. The topological polar surface area (TPSA) is 87.4 Å². The Morgan fingerprint density at radius 2 is 2.21 bits per heavy atom. The third kappa shape index (κ3) is 3.78. The van der Waals surface area contributed by atoms with Crippen molar-refractivity contribution in [3.8, 4) is 0 Å². The van der Waals surface area contributed by atoms with Crippen molar-refractivity contribution < 1.29 is 14.4 Å². The molecule has 0 bridgehead atoms. The van der Waals surface area contributed by atoms with E-state index in [-0.39, 0.29) is 23.7 Å². The molecule has 19 heavy (non-hydrogen) atoms. The number of aromatic nitrogens is 1. The lowest BCUT2D eigenvalue weighted by atomic mass is 9.95. The Bertz CT molecular complexity index is 425. The first kappa shape index (κ1) is 15.7. The minimum atomic E-state index is -0.268. The summed E-state index contributed by atoms with van der Waals surface area (Å²) in [5.41, 5.74) is 0.848. The van der Waals surface area contributed by atoms with Crippen LogP contribution in [0.1, 0.15) is 48.5 Å². The number of carbonyl (C=O) groups excluding carboxylic acids is 1. The highest BCUT2D eigenvalue weighted by Crippen LogP contribution is 2.14. The average molecular weight is 269 g/mol. The summed E-state index contributed by atoms with van der Waals surface area (Å²) in [7, 11) is 1.92. The van der Waals surface area contributed by atoms with Gasteiger partial charge in [0, 0.05) is 17.6 Å². The van der Waals surface area contributed by atoms with Crippen molar-refractivity contribution in [1.29, 1.82) is 0 Å². The molecule has 3 N–H and O–H groups in total. The monoisotopic (exact) mass is 269 g/mol. The molecule has 1 unspecified atom stereocenters. The highest BCUT2D eigenvalue weighted by molar-refractivity contribution is 5.93. The summed E-state index contributed by atoms with van der Waals surface area (Å²) in [4.78, 5) is 11.9. The van der Waals surface area contributed by atoms with E-state index in [1.165, 1.54) is 0 Å². The van der Waals surface area contributed by atoms with E-state index in [1.54, 1.807) is 6.92 Å². The lowest BCUT2D eigenvalue weighted by Crippen LogP contribution is -2.42. The highest BCUT2D eigenvalue weighted by Gasteiger charge is 2.21. The molecule has 0 aliphatic carbocycles. The third-order valence-corrected chi connectivity index (χ3v) is 3.73. The molecular formula is C13H23N3O3. The van der Waals surface area contributed by atoms with Crippen molar-refractivity contribution in [2.75, 3.05) is 13.6 Å². The first-order valence-electron chi connectivity index (χ1n) is 6.50. The summed E-state index contributed by atoms with van der Waals surface area (Å²) >= 11 is 0. The van der Waals surface area contributed by atoms with Crippen molar-refractivity contribution in [2.24, 2.45) is 0 Å². The molecule has 1 aromatic heterocycles. The van der Waals surface area contributed by atoms with Crippen LogP contribution in [0, 0.1) is 6.92 Å². The van der Waals surface area contributed by atoms with Gasteiger partial charge in [0.2, 0.25) is 0 Å². The Morgan fingerprint density at radius 1 is 1.53 bits per heavy atom. The molecule has 0 fully saturated rings. The van der Waals surface area contributed by atoms with Crippen molar-refractivity contribution >= 4 is 5.91 Å². The van der Waals surface area contributed by atoms with Crippen LogP contribution in [0.15, 0.2) is 4.52 Å². The molecule has 6 nitrogen and oxygen atoms in total. The second-order valence-electron chi connectivity index (χ2n) is 4.91. The van der Waals surface area contributed by atoms with E-state index in [2.05, 4.69) is 29.6 Å². The lowest BCUT2D eigenvalue weighted by molar-refractivity contribution is 0.0940. The van der Waals surface area contributed by atoms with Crippen LogP contribution in [0.3, 0.4) is 0 Å². The van der Waals surface area contributed by atoms with E-state index in [9.17, 15) is 4.79 Å². The van der Waals surface area contributed by atoms with Gasteiger partial charge in [0.1, 0.15) is 6.61 Å². The molecule has 6 heteroatoms. The predicted octanol–water partition coefficient (Wildman–Crippen LogP) is 0.983. The standard InChI is InChI=1S/C13H23N3O3/c1-5-13(3,14-4)6-7-15-12(18)11-9(2)10(8-17)19-16-11/h14,17H,5-8H2,1-4H3,(H,15,18). The van der Waals surface area contributed by atoms with Crippen LogP contribution in [0.4, 0.5) is 0 Å². The third-order valence-electron chi connectivity index (χ3n) is 3.73. The van der Waals surface area contributed by atoms with Crippen LogP contribution in [-0.2, 0) is 6.61 Å². The SMILES string of the molecule is CCC(C)(CCNC(=O)c1noc(CO)c1C)NC. The van der Waals surface area contributed by atoms with E-state index in [4.69, 9.17) is 9.63 Å². The van der Waals surface area contributed by atoms with Gasteiger partial charge in [0.05, 0.1) is 0 Å². The normalized spacial score (nSPS) is 14.2. The number of aliphatic hydroxyl groups excluding tert-OH is 1. The summed E-state index contributed by atoms with van der Waals surface area (Å²) in [6, 6.07) is 0. The van der Waals surface area contributed by atoms with E-state index in [1.807, 2.05) is 7.05 Å². The molecule has 1 rings (SSSR count). The quantitative estimate of drug-likeness (QED) is 0.687. The molecular weight excluding hydrogens is 246 g/mol. The predicted molar refractivity (Wildman–Crippen MR) is 71.9 cm³/mol. The van der Waals surface area contributed by atoms with Gasteiger partial charge in [-0.1, -0.05) is 12.1 Å². The molecule has 0 aromatic carbocycles. The van der Waals surface area contributed by atoms with Crippen molar-refractivity contribution in [3.05, 3.63) is 17.0 Å². The number of nitrogens with one attached hydrogen (secondary N) is 2. The maximum absolute atomic E-state index is 11.9. The van der Waals surface area contributed by atoms with E-state index < -0.39 is 0 Å². The largest absolute Gasteiger partial charge is 0.388 e. The number of hydrogen-bond donors (Lipinski definition) is 3. The Hall–Kier alpha value is -1.40. The van der Waals surface area contributed by atoms with Gasteiger partial charge in [-0.3, -0.25) is 4.79 Å². The Morgan fingerprint density at radius 3 is 2.68 bits per heavy atom. The summed E-state index contributed by atoms with van der Waals surface area (Å²) < 4.78 is 4.88. The average Bonchev–Trinajstić information content (AvgIpc) is 2.79. The van der Waals surface area contributed by atoms with Crippen LogP contribution < -0.4 is 10.6 Å². The fraction of sp³-hybridized carbons (Fsp3) is 0.692. The maximum Gasteiger partial charge on any atom is 0.273 e. The van der Waals surface area contributed by atoms with E-state index in [0.717, 1.165) is 12.8 Å². The summed E-state index contributed by atoms with van der Waals surface area (Å²) in [6.45, 7) is 6.24. The highest BCUT2D eigenvalue weighted by atomic mass is 16.5. The van der Waals surface area contributed by atoms with Gasteiger partial charge in [-0.15, -0.1) is 0 Å². The molecule has 1 aromatic rings. The summed E-state index contributed by atoms with van der Waals surface area (Å²) in [5.74, 6) is 0.0641. The van der Waals surface area contributed by atoms with E-state index >= 15 is 0 Å². The van der Waals surface area contributed by atoms with Gasteiger partial charge in [0.25, 0.3) is 5.91 Å². The molecule has 1 amide bonds. The zero-order valence-corrected chi connectivity index (χ0v) is 12.0. The second kappa shape index (κ2) is 6.68. The minimum Gasteiger partial charge on any atom is -0.388 e. The molecule has 0 saturated heterocycles. The number of hydrogen-bond acceptors (Lipinski definition) is 5. The molecule has 0 aliphatic rings. The van der Waals surface area contributed by atoms with Crippen molar-refractivity contribution in [1.82, 2.24) is 15.8 Å². The Balaban J connectivity index is 2.54. The number of rotatable bonds is 7. The lowest BCUT2D eigenvalue weighted by Gasteiger charge is -2.27. The fourth-order valence-corrected chi connectivity index (χ4v) is 1.74. The smallest absolute Gasteiger partial charge is 0.273 e. The van der Waals surface area contributed by atoms with Crippen molar-refractivity contribution in [3.63, 3.8) is 0 Å². The first-order valence-corrected chi connectivity index (χ1v) is 6.50. The molecule has 0 radical (unpaired) electrons. The van der Waals surface area contributed by atoms with Gasteiger partial charge in [0.15, 0.2) is 11.5 Å². The van der Waals surface area contributed by atoms with Crippen LogP contribution in [0.2, 0.25) is 0 Å². The number of nitrogens with zero attached hydrogens (tertiary/aromatic N) is 1. The number of amides is 1. The fourth-order valence-electron chi connectivity index (χ4n) is 1.74. The Labute approximate surface area is 113 Å². The van der Waals surface area contributed by atoms with Gasteiger partial charge in [-0.25, -0.2) is 0 Å². The zero-order valence-electron chi connectivity index (χ0n) is 12.0. The summed E-state index contributed by atoms with van der Waals surface area (Å²) in [5, 5.41) is 18.7. The number of carbonyl (C=O) groups is 1. The molecule has 1 atom stereocenters. The number of aliphatic hydroxyl groups is 1. The summed E-state index contributed by atoms with van der Waals surface area (Å²) in [6.07, 6.45) is 1.81. The zero-order chi connectivity index (χ0) is 14.5. The van der Waals surface area contributed by atoms with Gasteiger partial charge >= 0.3 is 0 Å². The molecule has 0 saturated carbocycles. The second-order valence-corrected chi connectivity index (χ2v) is 4.91. The Kier molecular flexibility index (Phi) is 5.50. The minimum absolute atomic E-state index is 0.0163. The van der Waals surface area contributed by atoms with Gasteiger partial charge < -0.3 is 20.3 Å². The van der Waals surface area contributed by atoms with Crippen LogP contribution in [-0.4, -0.2) is 35.3 Å². The maximum atomic E-state index is 11.9. The van der Waals surface area contributed by atoms with E-state index in [0.29, 0.717) is 17.9 Å². The van der Waals surface area contributed by atoms with Gasteiger partial charge in [-0.2, -0.15) is 0 Å². The van der Waals surface area contributed by atoms with Gasteiger partial charge in [-0.05, 0) is 33.7 Å². The van der Waals surface area contributed by atoms with Crippen LogP contribution in [0.5, 0.6) is 0 Å². The van der Waals surface area contributed by atoms with Crippen LogP contribution >= 0.6 is 0 Å².